The van der Waals surface area contributed by atoms with Crippen LogP contribution in [0.25, 0.3) is 5.69 Å². The first-order valence-corrected chi connectivity index (χ1v) is 9.51. The van der Waals surface area contributed by atoms with Crippen LogP contribution in [0, 0.1) is 6.92 Å². The summed E-state index contributed by atoms with van der Waals surface area (Å²) in [6.45, 7) is 4.30. The molecule has 0 fully saturated rings. The second kappa shape index (κ2) is 7.59. The van der Waals surface area contributed by atoms with Crippen molar-refractivity contribution in [2.45, 2.75) is 26.3 Å². The van der Waals surface area contributed by atoms with E-state index in [2.05, 4.69) is 19.4 Å². The summed E-state index contributed by atoms with van der Waals surface area (Å²) >= 11 is 0. The summed E-state index contributed by atoms with van der Waals surface area (Å²) in [5.74, 6) is 2.58. The second-order valence-electron chi connectivity index (χ2n) is 7.14. The number of ether oxygens (including phenoxy) is 1. The van der Waals surface area contributed by atoms with Crippen molar-refractivity contribution in [1.82, 2.24) is 24.0 Å². The number of hydrogen-bond donors (Lipinski definition) is 0. The largest absolute Gasteiger partial charge is 0.497 e. The second-order valence-corrected chi connectivity index (χ2v) is 7.14. The van der Waals surface area contributed by atoms with Gasteiger partial charge in [-0.25, -0.2) is 9.97 Å². The summed E-state index contributed by atoms with van der Waals surface area (Å²) < 4.78 is 8.98. The first kappa shape index (κ1) is 18.4. The molecule has 1 aromatic carbocycles. The third kappa shape index (κ3) is 3.45. The maximum atomic E-state index is 12.6. The zero-order chi connectivity index (χ0) is 19.7. The molecule has 0 radical (unpaired) electrons. The Kier molecular flexibility index (Phi) is 5.00. The molecule has 0 unspecified atom stereocenters. The molecule has 0 N–H and O–H groups in total. The number of methoxy groups -OCH3 is 1. The molecule has 0 spiro atoms. The van der Waals surface area contributed by atoms with Crippen molar-refractivity contribution in [3.8, 4) is 11.4 Å². The van der Waals surface area contributed by atoms with E-state index in [9.17, 15) is 4.79 Å². The van der Waals surface area contributed by atoms with Crippen LogP contribution in [0.5, 0.6) is 5.75 Å². The summed E-state index contributed by atoms with van der Waals surface area (Å²) in [4.78, 5) is 24.1. The van der Waals surface area contributed by atoms with Crippen LogP contribution in [-0.4, -0.2) is 44.2 Å². The van der Waals surface area contributed by atoms with Crippen LogP contribution in [0.1, 0.15) is 22.9 Å². The lowest BCUT2D eigenvalue weighted by Gasteiger charge is -2.20. The minimum absolute atomic E-state index is 0.0871. The molecule has 0 amide bonds. The van der Waals surface area contributed by atoms with Gasteiger partial charge < -0.3 is 9.30 Å². The Morgan fingerprint density at radius 3 is 2.64 bits per heavy atom. The molecule has 28 heavy (non-hydrogen) atoms. The molecule has 0 atom stereocenters. The Hall–Kier alpha value is -2.93. The number of fused-ring (bicyclic) bond motifs is 1. The molecule has 0 aliphatic carbocycles. The summed E-state index contributed by atoms with van der Waals surface area (Å²) in [5, 5.41) is 0. The van der Waals surface area contributed by atoms with E-state index in [1.165, 1.54) is 0 Å². The third-order valence-corrected chi connectivity index (χ3v) is 5.47. The maximum Gasteiger partial charge on any atom is 0.256 e. The molecular formula is C21H25N5O2. The molecule has 2 aromatic heterocycles. The predicted octanol–water partition coefficient (Wildman–Crippen LogP) is 1.88. The predicted molar refractivity (Wildman–Crippen MR) is 107 cm³/mol. The average molecular weight is 379 g/mol. The van der Waals surface area contributed by atoms with Crippen molar-refractivity contribution in [2.24, 2.45) is 7.05 Å². The molecule has 7 heteroatoms. The molecule has 0 bridgehead atoms. The van der Waals surface area contributed by atoms with Crippen molar-refractivity contribution in [1.29, 1.82) is 0 Å². The number of aromatic nitrogens is 4. The summed E-state index contributed by atoms with van der Waals surface area (Å²) in [5.41, 5.74) is 2.94. The monoisotopic (exact) mass is 379 g/mol. The van der Waals surface area contributed by atoms with Crippen molar-refractivity contribution < 1.29 is 4.74 Å². The molecule has 1 aliphatic rings. The van der Waals surface area contributed by atoms with E-state index in [-0.39, 0.29) is 5.56 Å². The van der Waals surface area contributed by atoms with Crippen molar-refractivity contribution in [3.05, 3.63) is 69.9 Å². The fourth-order valence-electron chi connectivity index (χ4n) is 3.70. The lowest BCUT2D eigenvalue weighted by Crippen LogP contribution is -2.28. The SMILES string of the molecule is COc1ccc(-n2ccnc2CN2CCc3nc(C)n(C)c(=O)c3CC2)cc1. The number of rotatable bonds is 4. The smallest absolute Gasteiger partial charge is 0.256 e. The number of benzene rings is 1. The van der Waals surface area contributed by atoms with Crippen LogP contribution in [0.3, 0.4) is 0 Å². The van der Waals surface area contributed by atoms with Crippen LogP contribution < -0.4 is 10.3 Å². The van der Waals surface area contributed by atoms with Crippen LogP contribution >= 0.6 is 0 Å². The van der Waals surface area contributed by atoms with Gasteiger partial charge in [-0.15, -0.1) is 0 Å². The van der Waals surface area contributed by atoms with Gasteiger partial charge in [-0.1, -0.05) is 0 Å². The molecule has 0 saturated heterocycles. The number of aryl methyl sites for hydroxylation is 1. The van der Waals surface area contributed by atoms with Gasteiger partial charge in [0.05, 0.1) is 19.3 Å². The quantitative estimate of drug-likeness (QED) is 0.693. The molecule has 3 heterocycles. The lowest BCUT2D eigenvalue weighted by atomic mass is 10.1. The Morgan fingerprint density at radius 2 is 1.89 bits per heavy atom. The van der Waals surface area contributed by atoms with E-state index in [1.807, 2.05) is 43.6 Å². The van der Waals surface area contributed by atoms with Gasteiger partial charge in [-0.05, 0) is 37.6 Å². The standard InChI is InChI=1S/C21H25N5O2/c1-15-23-19-9-12-25(11-8-18(19)21(27)24(15)2)14-20-22-10-13-26(20)16-4-6-17(28-3)7-5-16/h4-7,10,13H,8-9,11-12,14H2,1-3H3. The normalized spacial score (nSPS) is 14.5. The van der Waals surface area contributed by atoms with Crippen molar-refractivity contribution in [2.75, 3.05) is 20.2 Å². The Balaban J connectivity index is 1.53. The van der Waals surface area contributed by atoms with Gasteiger partial charge in [0.25, 0.3) is 5.56 Å². The molecule has 0 saturated carbocycles. The van der Waals surface area contributed by atoms with Crippen LogP contribution in [-0.2, 0) is 26.4 Å². The average Bonchev–Trinajstić information content (AvgIpc) is 3.08. The fraction of sp³-hybridized carbons (Fsp3) is 0.381. The zero-order valence-corrected chi connectivity index (χ0v) is 16.6. The van der Waals surface area contributed by atoms with E-state index in [1.54, 1.807) is 18.7 Å². The minimum Gasteiger partial charge on any atom is -0.497 e. The van der Waals surface area contributed by atoms with Crippen molar-refractivity contribution in [3.63, 3.8) is 0 Å². The van der Waals surface area contributed by atoms with Crippen molar-refractivity contribution >= 4 is 0 Å². The Labute approximate surface area is 164 Å². The van der Waals surface area contributed by atoms with Gasteiger partial charge in [0.15, 0.2) is 0 Å². The molecular weight excluding hydrogens is 354 g/mol. The minimum atomic E-state index is 0.0871. The molecule has 146 valence electrons. The van der Waals surface area contributed by atoms with E-state index < -0.39 is 0 Å². The highest BCUT2D eigenvalue weighted by Crippen LogP contribution is 2.18. The highest BCUT2D eigenvalue weighted by molar-refractivity contribution is 5.38. The van der Waals surface area contributed by atoms with Gasteiger partial charge in [-0.2, -0.15) is 0 Å². The summed E-state index contributed by atoms with van der Waals surface area (Å²) in [6, 6.07) is 7.95. The van der Waals surface area contributed by atoms with Gasteiger partial charge in [0, 0.05) is 50.2 Å². The number of hydrogen-bond acceptors (Lipinski definition) is 5. The van der Waals surface area contributed by atoms with E-state index in [4.69, 9.17) is 4.74 Å². The summed E-state index contributed by atoms with van der Waals surface area (Å²) in [6.07, 6.45) is 5.31. The molecule has 4 rings (SSSR count). The Bertz CT molecular complexity index is 1040. The van der Waals surface area contributed by atoms with E-state index in [0.29, 0.717) is 0 Å². The van der Waals surface area contributed by atoms with Crippen LogP contribution in [0.15, 0.2) is 41.5 Å². The first-order chi connectivity index (χ1) is 13.6. The zero-order valence-electron chi connectivity index (χ0n) is 16.6. The highest BCUT2D eigenvalue weighted by atomic mass is 16.5. The summed E-state index contributed by atoms with van der Waals surface area (Å²) in [7, 11) is 3.46. The lowest BCUT2D eigenvalue weighted by molar-refractivity contribution is 0.270. The maximum absolute atomic E-state index is 12.6. The number of imidazole rings is 1. The van der Waals surface area contributed by atoms with Crippen LogP contribution in [0.4, 0.5) is 0 Å². The van der Waals surface area contributed by atoms with Gasteiger partial charge in [0.2, 0.25) is 0 Å². The number of nitrogens with zero attached hydrogens (tertiary/aromatic N) is 5. The topological polar surface area (TPSA) is 65.2 Å². The third-order valence-electron chi connectivity index (χ3n) is 5.47. The first-order valence-electron chi connectivity index (χ1n) is 9.51. The molecule has 1 aliphatic heterocycles. The van der Waals surface area contributed by atoms with E-state index >= 15 is 0 Å². The fourth-order valence-corrected chi connectivity index (χ4v) is 3.70. The van der Waals surface area contributed by atoms with E-state index in [0.717, 1.165) is 66.8 Å². The van der Waals surface area contributed by atoms with Crippen LogP contribution in [0.2, 0.25) is 0 Å². The van der Waals surface area contributed by atoms with Gasteiger partial charge >= 0.3 is 0 Å². The Morgan fingerprint density at radius 1 is 1.14 bits per heavy atom. The molecule has 3 aromatic rings. The highest BCUT2D eigenvalue weighted by Gasteiger charge is 2.20. The van der Waals surface area contributed by atoms with Gasteiger partial charge in [0.1, 0.15) is 17.4 Å². The molecule has 7 nitrogen and oxygen atoms in total. The van der Waals surface area contributed by atoms with Gasteiger partial charge in [-0.3, -0.25) is 14.3 Å².